The van der Waals surface area contributed by atoms with E-state index in [0.29, 0.717) is 18.1 Å². The first-order valence-corrected chi connectivity index (χ1v) is 7.51. The van der Waals surface area contributed by atoms with Crippen molar-refractivity contribution in [3.05, 3.63) is 24.3 Å². The van der Waals surface area contributed by atoms with Crippen LogP contribution in [-0.4, -0.2) is 39.6 Å². The van der Waals surface area contributed by atoms with Crippen molar-refractivity contribution in [2.45, 2.75) is 43.8 Å². The molecule has 3 aliphatic rings. The van der Waals surface area contributed by atoms with Crippen LogP contribution in [0.2, 0.25) is 0 Å². The van der Waals surface area contributed by atoms with E-state index in [4.69, 9.17) is 0 Å². The van der Waals surface area contributed by atoms with Crippen molar-refractivity contribution in [3.63, 3.8) is 0 Å². The normalized spacial score (nSPS) is 31.2. The molecule has 0 spiro atoms. The summed E-state index contributed by atoms with van der Waals surface area (Å²) in [6.07, 6.45) is 8.36. The largest absolute Gasteiger partial charge is 0.350 e. The molecule has 1 N–H and O–H groups in total. The summed E-state index contributed by atoms with van der Waals surface area (Å²) < 4.78 is 0. The van der Waals surface area contributed by atoms with Gasteiger partial charge >= 0.3 is 0 Å². The molecule has 3 atom stereocenters. The molecule has 2 saturated heterocycles. The first kappa shape index (κ1) is 11.0. The Morgan fingerprint density at radius 1 is 1.15 bits per heavy atom. The molecule has 3 unspecified atom stereocenters. The quantitative estimate of drug-likeness (QED) is 0.779. The van der Waals surface area contributed by atoms with Crippen LogP contribution >= 0.6 is 0 Å². The summed E-state index contributed by atoms with van der Waals surface area (Å²) >= 11 is 0. The van der Waals surface area contributed by atoms with Crippen LogP contribution in [-0.2, 0) is 6.42 Å². The van der Waals surface area contributed by atoms with Crippen LogP contribution in [0.15, 0.2) is 18.6 Å². The van der Waals surface area contributed by atoms with E-state index in [9.17, 15) is 0 Å². The maximum absolute atomic E-state index is 4.63. The average molecular weight is 267 g/mol. The zero-order chi connectivity index (χ0) is 13.1. The van der Waals surface area contributed by atoms with Crippen LogP contribution < -0.4 is 10.2 Å². The van der Waals surface area contributed by atoms with E-state index < -0.39 is 0 Å². The number of anilines is 1. The van der Waals surface area contributed by atoms with E-state index in [2.05, 4.69) is 25.2 Å². The van der Waals surface area contributed by atoms with Gasteiger partial charge in [-0.05, 0) is 31.7 Å². The van der Waals surface area contributed by atoms with Gasteiger partial charge in [0.2, 0.25) is 0 Å². The van der Waals surface area contributed by atoms with Crippen LogP contribution in [0.4, 0.5) is 5.82 Å². The number of rotatable bonds is 0. The molecule has 20 heavy (non-hydrogen) atoms. The lowest BCUT2D eigenvalue weighted by Crippen LogP contribution is -2.58. The molecule has 5 heteroatoms. The number of fused-ring (bicyclic) bond motifs is 5. The summed E-state index contributed by atoms with van der Waals surface area (Å²) in [5.41, 5.74) is 2.20. The van der Waals surface area contributed by atoms with Gasteiger partial charge in [0, 0.05) is 30.9 Å². The van der Waals surface area contributed by atoms with E-state index >= 15 is 0 Å². The SMILES string of the molecule is c1cc2ncnc3c2c(n1)CCC1C2CCC(CN31)N2. The zero-order valence-corrected chi connectivity index (χ0v) is 11.3. The Labute approximate surface area is 117 Å². The smallest absolute Gasteiger partial charge is 0.142 e. The van der Waals surface area contributed by atoms with Gasteiger partial charge in [-0.15, -0.1) is 0 Å². The number of aryl methyl sites for hydroxylation is 1. The van der Waals surface area contributed by atoms with Crippen LogP contribution in [0.3, 0.4) is 0 Å². The van der Waals surface area contributed by atoms with Gasteiger partial charge in [-0.3, -0.25) is 4.98 Å². The molecule has 0 aliphatic carbocycles. The van der Waals surface area contributed by atoms with E-state index in [1.54, 1.807) is 6.33 Å². The predicted molar refractivity (Wildman–Crippen MR) is 76.7 cm³/mol. The molecule has 0 amide bonds. The van der Waals surface area contributed by atoms with Crippen molar-refractivity contribution in [1.82, 2.24) is 20.3 Å². The van der Waals surface area contributed by atoms with Crippen molar-refractivity contribution >= 4 is 16.7 Å². The molecule has 5 heterocycles. The maximum atomic E-state index is 4.63. The Hall–Kier alpha value is -1.75. The number of pyridine rings is 1. The van der Waals surface area contributed by atoms with Crippen molar-refractivity contribution in [3.8, 4) is 0 Å². The Kier molecular flexibility index (Phi) is 2.13. The average Bonchev–Trinajstić information content (AvgIpc) is 2.79. The van der Waals surface area contributed by atoms with Gasteiger partial charge in [0.15, 0.2) is 0 Å². The lowest BCUT2D eigenvalue weighted by Gasteiger charge is -2.41. The molecule has 3 aliphatic heterocycles. The second-order valence-corrected chi connectivity index (χ2v) is 6.15. The highest BCUT2D eigenvalue weighted by atomic mass is 15.3. The number of hydrogen-bond donors (Lipinski definition) is 1. The number of aromatic nitrogens is 3. The summed E-state index contributed by atoms with van der Waals surface area (Å²) in [5.74, 6) is 1.11. The molecule has 2 bridgehead atoms. The number of piperazine rings is 1. The van der Waals surface area contributed by atoms with Gasteiger partial charge < -0.3 is 10.2 Å². The minimum atomic E-state index is 0.557. The summed E-state index contributed by atoms with van der Waals surface area (Å²) in [5, 5.41) is 4.95. The molecule has 5 nitrogen and oxygen atoms in total. The summed E-state index contributed by atoms with van der Waals surface area (Å²) in [6.45, 7) is 1.07. The highest BCUT2D eigenvalue weighted by molar-refractivity contribution is 5.92. The third-order valence-electron chi connectivity index (χ3n) is 5.11. The van der Waals surface area contributed by atoms with Gasteiger partial charge in [-0.1, -0.05) is 0 Å². The Morgan fingerprint density at radius 3 is 3.15 bits per heavy atom. The third kappa shape index (κ3) is 1.38. The van der Waals surface area contributed by atoms with Gasteiger partial charge in [0.25, 0.3) is 0 Å². The van der Waals surface area contributed by atoms with Crippen molar-refractivity contribution < 1.29 is 0 Å². The van der Waals surface area contributed by atoms with E-state index in [0.717, 1.165) is 30.7 Å². The number of hydrogen-bond acceptors (Lipinski definition) is 5. The predicted octanol–water partition coefficient (Wildman–Crippen LogP) is 1.28. The van der Waals surface area contributed by atoms with Crippen LogP contribution in [0, 0.1) is 0 Å². The lowest BCUT2D eigenvalue weighted by molar-refractivity contribution is 0.363. The second-order valence-electron chi connectivity index (χ2n) is 6.15. The molecule has 2 aromatic rings. The standard InChI is InChI=1S/C15H17N5/c1-2-10-13-4-3-11-14-12(5-6-16-11)17-8-18-15(14)20(13)7-9(1)19-10/h5-6,8-10,13,19H,1-4,7H2. The van der Waals surface area contributed by atoms with Crippen molar-refractivity contribution in [1.29, 1.82) is 0 Å². The second kappa shape index (κ2) is 3.88. The van der Waals surface area contributed by atoms with Gasteiger partial charge in [0.1, 0.15) is 12.1 Å². The monoisotopic (exact) mass is 267 g/mol. The molecule has 2 aromatic heterocycles. The van der Waals surface area contributed by atoms with Gasteiger partial charge in [-0.2, -0.15) is 0 Å². The maximum Gasteiger partial charge on any atom is 0.142 e. The van der Waals surface area contributed by atoms with Crippen LogP contribution in [0.1, 0.15) is 25.0 Å². The Bertz CT molecular complexity index is 680. The Balaban J connectivity index is 1.75. The zero-order valence-electron chi connectivity index (χ0n) is 11.3. The van der Waals surface area contributed by atoms with E-state index in [1.807, 2.05) is 12.3 Å². The lowest BCUT2D eigenvalue weighted by atomic mass is 10.00. The fraction of sp³-hybridized carbons (Fsp3) is 0.533. The molecule has 102 valence electrons. The first-order chi connectivity index (χ1) is 9.90. The van der Waals surface area contributed by atoms with Crippen LogP contribution in [0.5, 0.6) is 0 Å². The van der Waals surface area contributed by atoms with Crippen molar-refractivity contribution in [2.75, 3.05) is 11.4 Å². The fourth-order valence-corrected chi connectivity index (χ4v) is 4.24. The number of nitrogens with zero attached hydrogens (tertiary/aromatic N) is 4. The highest BCUT2D eigenvalue weighted by Crippen LogP contribution is 2.37. The molecular weight excluding hydrogens is 250 g/mol. The minimum Gasteiger partial charge on any atom is -0.350 e. The highest BCUT2D eigenvalue weighted by Gasteiger charge is 2.42. The summed E-state index contributed by atoms with van der Waals surface area (Å²) in [6, 6.07) is 3.80. The summed E-state index contributed by atoms with van der Waals surface area (Å²) in [4.78, 5) is 16.2. The molecule has 0 aromatic carbocycles. The topological polar surface area (TPSA) is 53.9 Å². The Morgan fingerprint density at radius 2 is 2.15 bits per heavy atom. The number of nitrogens with one attached hydrogen (secondary N) is 1. The molecule has 5 rings (SSSR count). The fourth-order valence-electron chi connectivity index (χ4n) is 4.24. The van der Waals surface area contributed by atoms with Crippen LogP contribution in [0.25, 0.3) is 10.9 Å². The molecule has 2 fully saturated rings. The molecule has 0 saturated carbocycles. The molecule has 0 radical (unpaired) electrons. The summed E-state index contributed by atoms with van der Waals surface area (Å²) in [7, 11) is 0. The van der Waals surface area contributed by atoms with E-state index in [1.165, 1.54) is 23.9 Å². The third-order valence-corrected chi connectivity index (χ3v) is 5.11. The minimum absolute atomic E-state index is 0.557. The van der Waals surface area contributed by atoms with Crippen molar-refractivity contribution in [2.24, 2.45) is 0 Å². The van der Waals surface area contributed by atoms with Gasteiger partial charge in [-0.25, -0.2) is 9.97 Å². The molecular formula is C15H17N5. The van der Waals surface area contributed by atoms with Gasteiger partial charge in [0.05, 0.1) is 16.6 Å². The van der Waals surface area contributed by atoms with E-state index in [-0.39, 0.29) is 0 Å². The first-order valence-electron chi connectivity index (χ1n) is 7.51.